The molecule has 1 atom stereocenters. The summed E-state index contributed by atoms with van der Waals surface area (Å²) in [4.78, 5) is 0. The van der Waals surface area contributed by atoms with Gasteiger partial charge in [0.2, 0.25) is 0 Å². The highest BCUT2D eigenvalue weighted by Crippen LogP contribution is 2.21. The predicted molar refractivity (Wildman–Crippen MR) is 71.8 cm³/mol. The highest BCUT2D eigenvalue weighted by Gasteiger charge is 2.06. The molecule has 0 fully saturated rings. The van der Waals surface area contributed by atoms with E-state index in [9.17, 15) is 0 Å². The van der Waals surface area contributed by atoms with Crippen molar-refractivity contribution in [3.05, 3.63) is 52.3 Å². The molecule has 0 aliphatic rings. The van der Waals surface area contributed by atoms with Crippen molar-refractivity contribution in [2.75, 3.05) is 0 Å². The molecule has 0 radical (unpaired) electrons. The second-order valence-electron chi connectivity index (χ2n) is 4.18. The molecule has 0 aliphatic carbocycles. The van der Waals surface area contributed by atoms with Gasteiger partial charge >= 0.3 is 0 Å². The van der Waals surface area contributed by atoms with Crippen LogP contribution in [0.15, 0.2) is 30.6 Å². The minimum Gasteiger partial charge on any atom is -0.268 e. The third-order valence-electron chi connectivity index (χ3n) is 2.65. The molecule has 0 aliphatic heterocycles. The van der Waals surface area contributed by atoms with Gasteiger partial charge in [-0.25, -0.2) is 0 Å². The van der Waals surface area contributed by atoms with Crippen molar-refractivity contribution in [1.82, 2.24) is 9.78 Å². The molecule has 1 aromatic heterocycles. The molecule has 1 heterocycles. The summed E-state index contributed by atoms with van der Waals surface area (Å²) in [5.41, 5.74) is 3.25. The van der Waals surface area contributed by atoms with Gasteiger partial charge in [0.15, 0.2) is 0 Å². The predicted octanol–water partition coefficient (Wildman–Crippen LogP) is 4.19. The van der Waals surface area contributed by atoms with Gasteiger partial charge in [-0.15, -0.1) is 11.6 Å². The quantitative estimate of drug-likeness (QED) is 0.764. The van der Waals surface area contributed by atoms with Crippen molar-refractivity contribution in [3.8, 4) is 0 Å². The number of aryl methyl sites for hydroxylation is 1. The second-order valence-corrected chi connectivity index (χ2v) is 5.24. The summed E-state index contributed by atoms with van der Waals surface area (Å²) in [5.74, 6) is 0. The van der Waals surface area contributed by atoms with Crippen LogP contribution in [0, 0.1) is 6.92 Å². The minimum absolute atomic E-state index is 0.0164. The molecule has 0 amide bonds. The number of nitrogens with zero attached hydrogens (tertiary/aromatic N) is 2. The molecule has 2 nitrogen and oxygen atoms in total. The Kier molecular flexibility index (Phi) is 3.75. The van der Waals surface area contributed by atoms with Crippen molar-refractivity contribution in [3.63, 3.8) is 0 Å². The molecule has 0 saturated carbocycles. The molecule has 4 heteroatoms. The van der Waals surface area contributed by atoms with Crippen LogP contribution in [0.2, 0.25) is 5.02 Å². The topological polar surface area (TPSA) is 17.8 Å². The fraction of sp³-hybridized carbons (Fsp3) is 0.308. The van der Waals surface area contributed by atoms with E-state index in [2.05, 4.69) is 11.2 Å². The van der Waals surface area contributed by atoms with E-state index in [0.29, 0.717) is 6.54 Å². The van der Waals surface area contributed by atoms with E-state index in [1.165, 1.54) is 0 Å². The molecule has 0 N–H and O–H groups in total. The lowest BCUT2D eigenvalue weighted by atomic mass is 10.1. The summed E-state index contributed by atoms with van der Waals surface area (Å²) in [6.07, 6.45) is 3.74. The van der Waals surface area contributed by atoms with E-state index in [4.69, 9.17) is 23.2 Å². The van der Waals surface area contributed by atoms with Gasteiger partial charge in [0.05, 0.1) is 18.1 Å². The van der Waals surface area contributed by atoms with E-state index in [1.54, 1.807) is 6.20 Å². The zero-order valence-electron chi connectivity index (χ0n) is 9.82. The van der Waals surface area contributed by atoms with Crippen LogP contribution in [0.4, 0.5) is 0 Å². The standard InChI is InChI=1S/C13H14Cl2N2/c1-9-3-4-11(13(15)5-9)7-17-8-12(6-16-17)10(2)14/h3-6,8,10H,7H2,1-2H3. The molecule has 2 rings (SSSR count). The van der Waals surface area contributed by atoms with Crippen LogP contribution < -0.4 is 0 Å². The number of aromatic nitrogens is 2. The number of halogens is 2. The van der Waals surface area contributed by atoms with E-state index in [0.717, 1.165) is 21.7 Å². The molecule has 1 unspecified atom stereocenters. The van der Waals surface area contributed by atoms with E-state index >= 15 is 0 Å². The summed E-state index contributed by atoms with van der Waals surface area (Å²) >= 11 is 12.2. The largest absolute Gasteiger partial charge is 0.268 e. The van der Waals surface area contributed by atoms with Gasteiger partial charge in [0, 0.05) is 16.8 Å². The second kappa shape index (κ2) is 5.11. The van der Waals surface area contributed by atoms with Crippen LogP contribution >= 0.6 is 23.2 Å². The van der Waals surface area contributed by atoms with Gasteiger partial charge in [-0.2, -0.15) is 5.10 Å². The molecular weight excluding hydrogens is 255 g/mol. The Morgan fingerprint density at radius 2 is 2.18 bits per heavy atom. The maximum Gasteiger partial charge on any atom is 0.0674 e. The lowest BCUT2D eigenvalue weighted by molar-refractivity contribution is 0.686. The van der Waals surface area contributed by atoms with Crippen molar-refractivity contribution in [2.24, 2.45) is 0 Å². The summed E-state index contributed by atoms with van der Waals surface area (Å²) in [5, 5.41) is 5.03. The van der Waals surface area contributed by atoms with Crippen LogP contribution in [0.5, 0.6) is 0 Å². The monoisotopic (exact) mass is 268 g/mol. The van der Waals surface area contributed by atoms with Gasteiger partial charge < -0.3 is 0 Å². The Morgan fingerprint density at radius 1 is 1.41 bits per heavy atom. The highest BCUT2D eigenvalue weighted by molar-refractivity contribution is 6.31. The zero-order valence-corrected chi connectivity index (χ0v) is 11.3. The van der Waals surface area contributed by atoms with Crippen LogP contribution in [0.3, 0.4) is 0 Å². The van der Waals surface area contributed by atoms with Crippen LogP contribution in [0.25, 0.3) is 0 Å². The molecule has 2 aromatic rings. The summed E-state index contributed by atoms with van der Waals surface area (Å²) in [7, 11) is 0. The van der Waals surface area contributed by atoms with Gasteiger partial charge in [-0.05, 0) is 31.0 Å². The number of alkyl halides is 1. The first-order valence-corrected chi connectivity index (χ1v) is 6.29. The van der Waals surface area contributed by atoms with Crippen LogP contribution in [-0.4, -0.2) is 9.78 Å². The fourth-order valence-corrected chi connectivity index (χ4v) is 2.03. The van der Waals surface area contributed by atoms with Gasteiger partial charge in [-0.1, -0.05) is 23.7 Å². The van der Waals surface area contributed by atoms with E-state index in [1.807, 2.05) is 36.9 Å². The van der Waals surface area contributed by atoms with Gasteiger partial charge in [-0.3, -0.25) is 4.68 Å². The molecule has 1 aromatic carbocycles. The Bertz CT molecular complexity index is 518. The SMILES string of the molecule is Cc1ccc(Cn2cc(C(C)Cl)cn2)c(Cl)c1. The smallest absolute Gasteiger partial charge is 0.0674 e. The Balaban J connectivity index is 2.19. The maximum absolute atomic E-state index is 6.18. The Morgan fingerprint density at radius 3 is 2.76 bits per heavy atom. The Labute approximate surface area is 111 Å². The minimum atomic E-state index is -0.0164. The molecule has 90 valence electrons. The van der Waals surface area contributed by atoms with Crippen molar-refractivity contribution in [1.29, 1.82) is 0 Å². The molecule has 17 heavy (non-hydrogen) atoms. The van der Waals surface area contributed by atoms with Crippen molar-refractivity contribution >= 4 is 23.2 Å². The normalized spacial score (nSPS) is 12.7. The van der Waals surface area contributed by atoms with Gasteiger partial charge in [0.1, 0.15) is 0 Å². The van der Waals surface area contributed by atoms with Crippen LogP contribution in [-0.2, 0) is 6.54 Å². The average Bonchev–Trinajstić information content (AvgIpc) is 2.71. The van der Waals surface area contributed by atoms with E-state index < -0.39 is 0 Å². The molecule has 0 bridgehead atoms. The number of hydrogen-bond donors (Lipinski definition) is 0. The zero-order chi connectivity index (χ0) is 12.4. The summed E-state index contributed by atoms with van der Waals surface area (Å²) in [6.45, 7) is 4.63. The van der Waals surface area contributed by atoms with Gasteiger partial charge in [0.25, 0.3) is 0 Å². The average molecular weight is 269 g/mol. The summed E-state index contributed by atoms with van der Waals surface area (Å²) < 4.78 is 1.85. The highest BCUT2D eigenvalue weighted by atomic mass is 35.5. The maximum atomic E-state index is 6.18. The van der Waals surface area contributed by atoms with Crippen molar-refractivity contribution in [2.45, 2.75) is 25.8 Å². The first-order valence-electron chi connectivity index (χ1n) is 5.47. The van der Waals surface area contributed by atoms with Crippen LogP contribution in [0.1, 0.15) is 29.0 Å². The number of hydrogen-bond acceptors (Lipinski definition) is 1. The molecule has 0 spiro atoms. The fourth-order valence-electron chi connectivity index (χ4n) is 1.63. The number of benzene rings is 1. The first kappa shape index (κ1) is 12.5. The summed E-state index contributed by atoms with van der Waals surface area (Å²) in [6, 6.07) is 6.05. The Hall–Kier alpha value is -0.990. The molecule has 0 saturated heterocycles. The molecular formula is C13H14Cl2N2. The third-order valence-corrected chi connectivity index (χ3v) is 3.26. The number of rotatable bonds is 3. The van der Waals surface area contributed by atoms with Crippen molar-refractivity contribution < 1.29 is 0 Å². The lowest BCUT2D eigenvalue weighted by Crippen LogP contribution is -2.00. The first-order chi connectivity index (χ1) is 8.06. The lowest BCUT2D eigenvalue weighted by Gasteiger charge is -2.05. The van der Waals surface area contributed by atoms with E-state index in [-0.39, 0.29) is 5.38 Å². The third kappa shape index (κ3) is 3.02.